The molecule has 5 nitrogen and oxygen atoms in total. The molecule has 0 bridgehead atoms. The van der Waals surface area contributed by atoms with Crippen molar-refractivity contribution in [2.24, 2.45) is 11.7 Å². The van der Waals surface area contributed by atoms with Gasteiger partial charge in [-0.2, -0.15) is 0 Å². The number of carbonyl (C=O) groups excluding carboxylic acids is 1. The second-order valence-corrected chi connectivity index (χ2v) is 6.97. The highest BCUT2D eigenvalue weighted by molar-refractivity contribution is 5.81. The minimum absolute atomic E-state index is 0.137. The first-order valence-electron chi connectivity index (χ1n) is 8.37. The highest BCUT2D eigenvalue weighted by atomic mass is 16.5. The zero-order valence-corrected chi connectivity index (χ0v) is 13.8. The lowest BCUT2D eigenvalue weighted by Crippen LogP contribution is -2.54. The molecular weight excluding hydrogens is 266 g/mol. The summed E-state index contributed by atoms with van der Waals surface area (Å²) in [4.78, 5) is 16.8. The molecule has 122 valence electrons. The number of likely N-dealkylation sites (tertiary alicyclic amines) is 1. The van der Waals surface area contributed by atoms with Crippen molar-refractivity contribution in [3.8, 4) is 0 Å². The van der Waals surface area contributed by atoms with Crippen molar-refractivity contribution >= 4 is 5.91 Å². The van der Waals surface area contributed by atoms with E-state index in [9.17, 15) is 4.79 Å². The molecule has 0 saturated carbocycles. The van der Waals surface area contributed by atoms with Crippen molar-refractivity contribution in [2.75, 3.05) is 32.8 Å². The first kappa shape index (κ1) is 16.7. The smallest absolute Gasteiger partial charge is 0.239 e. The minimum Gasteiger partial charge on any atom is -0.376 e. The van der Waals surface area contributed by atoms with Gasteiger partial charge in [-0.25, -0.2) is 0 Å². The Kier molecular flexibility index (Phi) is 6.02. The van der Waals surface area contributed by atoms with E-state index in [4.69, 9.17) is 10.5 Å². The fourth-order valence-corrected chi connectivity index (χ4v) is 3.47. The van der Waals surface area contributed by atoms with E-state index in [1.54, 1.807) is 0 Å². The third-order valence-electron chi connectivity index (χ3n) is 4.61. The number of amides is 1. The van der Waals surface area contributed by atoms with E-state index in [1.165, 1.54) is 0 Å². The van der Waals surface area contributed by atoms with Crippen molar-refractivity contribution in [3.05, 3.63) is 0 Å². The van der Waals surface area contributed by atoms with Crippen molar-refractivity contribution in [1.29, 1.82) is 0 Å². The van der Waals surface area contributed by atoms with Crippen LogP contribution in [0.3, 0.4) is 0 Å². The lowest BCUT2D eigenvalue weighted by atomic mass is 9.99. The number of piperidine rings is 1. The van der Waals surface area contributed by atoms with Crippen LogP contribution in [0.15, 0.2) is 0 Å². The normalized spacial score (nSPS) is 27.1. The fraction of sp³-hybridized carbons (Fsp3) is 0.938. The molecule has 1 amide bonds. The van der Waals surface area contributed by atoms with Crippen molar-refractivity contribution in [2.45, 2.75) is 58.2 Å². The first-order chi connectivity index (χ1) is 9.97. The van der Waals surface area contributed by atoms with E-state index in [0.29, 0.717) is 18.1 Å². The summed E-state index contributed by atoms with van der Waals surface area (Å²) in [5, 5.41) is 0. The van der Waals surface area contributed by atoms with Gasteiger partial charge in [0, 0.05) is 32.2 Å². The Morgan fingerprint density at radius 1 is 1.29 bits per heavy atom. The molecule has 2 N–H and O–H groups in total. The fourth-order valence-electron chi connectivity index (χ4n) is 3.47. The summed E-state index contributed by atoms with van der Waals surface area (Å²) in [5.74, 6) is 0.605. The van der Waals surface area contributed by atoms with Gasteiger partial charge in [0.05, 0.1) is 18.8 Å². The van der Waals surface area contributed by atoms with E-state index in [2.05, 4.69) is 25.7 Å². The molecule has 0 radical (unpaired) electrons. The second kappa shape index (κ2) is 7.56. The number of rotatable bonds is 4. The monoisotopic (exact) mass is 297 g/mol. The third kappa shape index (κ3) is 4.66. The Morgan fingerprint density at radius 2 is 1.95 bits per heavy atom. The highest BCUT2D eigenvalue weighted by Gasteiger charge is 2.30. The minimum atomic E-state index is -0.329. The Balaban J connectivity index is 1.78. The predicted molar refractivity (Wildman–Crippen MR) is 84.0 cm³/mol. The topological polar surface area (TPSA) is 58.8 Å². The Labute approximate surface area is 128 Å². The van der Waals surface area contributed by atoms with E-state index in [-0.39, 0.29) is 11.9 Å². The molecule has 0 aliphatic carbocycles. The van der Waals surface area contributed by atoms with Gasteiger partial charge in [0.25, 0.3) is 0 Å². The van der Waals surface area contributed by atoms with Gasteiger partial charge < -0.3 is 15.4 Å². The molecule has 2 aliphatic rings. The molecule has 2 heterocycles. The van der Waals surface area contributed by atoms with Gasteiger partial charge >= 0.3 is 0 Å². The summed E-state index contributed by atoms with van der Waals surface area (Å²) in [6.07, 6.45) is 3.23. The number of carbonyl (C=O) groups is 1. The molecule has 2 aliphatic heterocycles. The maximum Gasteiger partial charge on any atom is 0.239 e. The van der Waals surface area contributed by atoms with Gasteiger partial charge in [0.1, 0.15) is 0 Å². The van der Waals surface area contributed by atoms with Crippen LogP contribution < -0.4 is 5.73 Å². The average Bonchev–Trinajstić information content (AvgIpc) is 2.46. The molecule has 21 heavy (non-hydrogen) atoms. The summed E-state index contributed by atoms with van der Waals surface area (Å²) >= 11 is 0. The molecule has 2 fully saturated rings. The van der Waals surface area contributed by atoms with Crippen LogP contribution in [-0.2, 0) is 9.53 Å². The SMILES string of the molecule is CC(C)C[C@H](N)C(=O)N1CCC(N2CCOC(C)C2)CC1. The van der Waals surface area contributed by atoms with E-state index >= 15 is 0 Å². The maximum atomic E-state index is 12.3. The average molecular weight is 297 g/mol. The van der Waals surface area contributed by atoms with Crippen molar-refractivity contribution < 1.29 is 9.53 Å². The number of nitrogens with two attached hydrogens (primary N) is 1. The van der Waals surface area contributed by atoms with Gasteiger partial charge in [-0.05, 0) is 32.1 Å². The van der Waals surface area contributed by atoms with Gasteiger partial charge in [0.15, 0.2) is 0 Å². The van der Waals surface area contributed by atoms with Crippen LogP contribution in [0.4, 0.5) is 0 Å². The highest BCUT2D eigenvalue weighted by Crippen LogP contribution is 2.20. The summed E-state index contributed by atoms with van der Waals surface area (Å²) in [6, 6.07) is 0.270. The zero-order valence-electron chi connectivity index (χ0n) is 13.8. The molecule has 0 aromatic carbocycles. The van der Waals surface area contributed by atoms with Crippen molar-refractivity contribution in [3.63, 3.8) is 0 Å². The third-order valence-corrected chi connectivity index (χ3v) is 4.61. The summed E-state index contributed by atoms with van der Waals surface area (Å²) < 4.78 is 5.60. The summed E-state index contributed by atoms with van der Waals surface area (Å²) in [5.41, 5.74) is 6.03. The van der Waals surface area contributed by atoms with Crippen LogP contribution in [-0.4, -0.2) is 66.7 Å². The maximum absolute atomic E-state index is 12.3. The van der Waals surface area contributed by atoms with E-state index < -0.39 is 0 Å². The molecule has 2 saturated heterocycles. The van der Waals surface area contributed by atoms with E-state index in [0.717, 1.165) is 52.0 Å². The number of hydrogen-bond donors (Lipinski definition) is 1. The largest absolute Gasteiger partial charge is 0.376 e. The van der Waals surface area contributed by atoms with Crippen molar-refractivity contribution in [1.82, 2.24) is 9.80 Å². The number of hydrogen-bond acceptors (Lipinski definition) is 4. The lowest BCUT2D eigenvalue weighted by molar-refractivity contribution is -0.135. The molecule has 0 aromatic heterocycles. The molecule has 2 atom stereocenters. The van der Waals surface area contributed by atoms with Gasteiger partial charge in [0.2, 0.25) is 5.91 Å². The van der Waals surface area contributed by atoms with Crippen LogP contribution >= 0.6 is 0 Å². The molecule has 1 unspecified atom stereocenters. The number of nitrogens with zero attached hydrogens (tertiary/aromatic N) is 2. The molecule has 5 heteroatoms. The zero-order chi connectivity index (χ0) is 15.4. The second-order valence-electron chi connectivity index (χ2n) is 6.97. The molecular formula is C16H31N3O2. The molecule has 2 rings (SSSR count). The quantitative estimate of drug-likeness (QED) is 0.843. The van der Waals surface area contributed by atoms with E-state index in [1.807, 2.05) is 4.90 Å². The van der Waals surface area contributed by atoms with Crippen LogP contribution in [0.1, 0.15) is 40.0 Å². The molecule has 0 aromatic rings. The number of ether oxygens (including phenoxy) is 1. The van der Waals surface area contributed by atoms with Gasteiger partial charge in [-0.3, -0.25) is 9.69 Å². The van der Waals surface area contributed by atoms with Gasteiger partial charge in [-0.15, -0.1) is 0 Å². The van der Waals surface area contributed by atoms with Gasteiger partial charge in [-0.1, -0.05) is 13.8 Å². The summed E-state index contributed by atoms with van der Waals surface area (Å²) in [6.45, 7) is 10.9. The Hall–Kier alpha value is -0.650. The first-order valence-corrected chi connectivity index (χ1v) is 8.37. The molecule has 0 spiro atoms. The summed E-state index contributed by atoms with van der Waals surface area (Å²) in [7, 11) is 0. The Morgan fingerprint density at radius 3 is 2.52 bits per heavy atom. The van der Waals surface area contributed by atoms with Crippen LogP contribution in [0.25, 0.3) is 0 Å². The standard InChI is InChI=1S/C16H31N3O2/c1-12(2)10-15(17)16(20)18-6-4-14(5-7-18)19-8-9-21-13(3)11-19/h12-15H,4-11,17H2,1-3H3/t13?,15-/m0/s1. The Bertz CT molecular complexity index is 340. The van der Waals surface area contributed by atoms with Crippen LogP contribution in [0.2, 0.25) is 0 Å². The lowest BCUT2D eigenvalue weighted by Gasteiger charge is -2.42. The number of morpholine rings is 1. The van der Waals surface area contributed by atoms with Crippen LogP contribution in [0.5, 0.6) is 0 Å². The van der Waals surface area contributed by atoms with Crippen LogP contribution in [0, 0.1) is 5.92 Å². The predicted octanol–water partition coefficient (Wildman–Crippen LogP) is 1.07.